The molecule has 0 heterocycles. The van der Waals surface area contributed by atoms with Gasteiger partial charge in [-0.2, -0.15) is 0 Å². The molecule has 1 spiro atoms. The fraction of sp³-hybridized carbons (Fsp3) is 0.0154. The molecule has 0 bridgehead atoms. The summed E-state index contributed by atoms with van der Waals surface area (Å²) in [6, 6.07) is 98.0. The van der Waals surface area contributed by atoms with Crippen LogP contribution in [0.3, 0.4) is 0 Å². The zero-order chi connectivity index (χ0) is 44.3. The molecule has 11 aromatic rings. The SMILES string of the molecule is c1ccc(-c2ccc(N(c3ccc(N(c4ccccc4)c4cc5ccccc5cc4-c4ccccc4)cc3)c3cccc4c3-c3ccccc3C43c4ccccc4-c4ccccc43)cc2)cc1. The van der Waals surface area contributed by atoms with Crippen molar-refractivity contribution < 1.29 is 0 Å². The average Bonchev–Trinajstić information content (AvgIpc) is 3.88. The summed E-state index contributed by atoms with van der Waals surface area (Å²) in [4.78, 5) is 4.88. The normalized spacial score (nSPS) is 12.6. The first-order chi connectivity index (χ1) is 33.3. The minimum absolute atomic E-state index is 0.450. The van der Waals surface area contributed by atoms with Crippen molar-refractivity contribution in [1.82, 2.24) is 0 Å². The minimum atomic E-state index is -0.450. The average molecular weight is 853 g/mol. The first kappa shape index (κ1) is 38.7. The van der Waals surface area contributed by atoms with Crippen molar-refractivity contribution in [2.45, 2.75) is 5.41 Å². The Labute approximate surface area is 391 Å². The summed E-state index contributed by atoms with van der Waals surface area (Å²) in [7, 11) is 0. The highest BCUT2D eigenvalue weighted by atomic mass is 15.2. The van der Waals surface area contributed by atoms with Crippen LogP contribution in [0, 0.1) is 0 Å². The van der Waals surface area contributed by atoms with E-state index in [4.69, 9.17) is 0 Å². The number of fused-ring (bicyclic) bond motifs is 11. The second kappa shape index (κ2) is 15.8. The van der Waals surface area contributed by atoms with E-state index < -0.39 is 5.41 Å². The summed E-state index contributed by atoms with van der Waals surface area (Å²) in [5, 5.41) is 2.41. The fourth-order valence-corrected chi connectivity index (χ4v) is 11.2. The summed E-state index contributed by atoms with van der Waals surface area (Å²) in [5.74, 6) is 0. The van der Waals surface area contributed by atoms with Crippen molar-refractivity contribution in [1.29, 1.82) is 0 Å². The number of nitrogens with zero attached hydrogens (tertiary/aromatic N) is 2. The Morgan fingerprint density at radius 1 is 0.239 bits per heavy atom. The highest BCUT2D eigenvalue weighted by Crippen LogP contribution is 2.64. The van der Waals surface area contributed by atoms with E-state index in [9.17, 15) is 0 Å². The number of benzene rings is 11. The van der Waals surface area contributed by atoms with Crippen LogP contribution < -0.4 is 9.80 Å². The van der Waals surface area contributed by atoms with Crippen molar-refractivity contribution in [2.24, 2.45) is 0 Å². The fourth-order valence-electron chi connectivity index (χ4n) is 11.2. The van der Waals surface area contributed by atoms with Gasteiger partial charge in [-0.05, 0) is 133 Å². The topological polar surface area (TPSA) is 6.48 Å². The molecule has 11 aromatic carbocycles. The maximum Gasteiger partial charge on any atom is 0.0726 e. The molecule has 0 saturated carbocycles. The minimum Gasteiger partial charge on any atom is -0.310 e. The van der Waals surface area contributed by atoms with E-state index >= 15 is 0 Å². The number of para-hydroxylation sites is 1. The van der Waals surface area contributed by atoms with Crippen molar-refractivity contribution in [3.05, 3.63) is 289 Å². The standard InChI is InChI=1S/C65H44N2/c1-4-19-45(20-5-1)46-35-37-51(38-36-46)66(62-34-18-33-61-64(62)56-29-14-17-32-60(56)65(61)58-30-15-12-27-54(58)55-28-13-16-31-59(55)65)52-39-41-53(42-40-52)67(50-25-8-3-9-26-50)63-44-49-24-11-10-23-48(49)43-57(63)47-21-6-2-7-22-47/h1-44H. The molecule has 0 saturated heterocycles. The van der Waals surface area contributed by atoms with Gasteiger partial charge in [0.15, 0.2) is 0 Å². The van der Waals surface area contributed by atoms with Gasteiger partial charge >= 0.3 is 0 Å². The van der Waals surface area contributed by atoms with Crippen molar-refractivity contribution >= 4 is 44.9 Å². The maximum absolute atomic E-state index is 2.47. The van der Waals surface area contributed by atoms with Gasteiger partial charge in [0.25, 0.3) is 0 Å². The first-order valence-corrected chi connectivity index (χ1v) is 23.2. The molecule has 0 radical (unpaired) electrons. The molecule has 2 heteroatoms. The number of anilines is 6. The molecule has 2 aliphatic carbocycles. The monoisotopic (exact) mass is 852 g/mol. The zero-order valence-electron chi connectivity index (χ0n) is 36.8. The Hall–Kier alpha value is -8.72. The molecule has 2 nitrogen and oxygen atoms in total. The quantitative estimate of drug-likeness (QED) is 0.150. The lowest BCUT2D eigenvalue weighted by atomic mass is 9.70. The Bertz CT molecular complexity index is 3570. The molecule has 2 aliphatic rings. The molecule has 0 amide bonds. The highest BCUT2D eigenvalue weighted by Gasteiger charge is 2.52. The molecular weight excluding hydrogens is 809 g/mol. The predicted octanol–water partition coefficient (Wildman–Crippen LogP) is 17.5. The largest absolute Gasteiger partial charge is 0.310 e. The van der Waals surface area contributed by atoms with E-state index in [0.717, 1.165) is 34.1 Å². The van der Waals surface area contributed by atoms with E-state index in [2.05, 4.69) is 277 Å². The van der Waals surface area contributed by atoms with E-state index in [-0.39, 0.29) is 0 Å². The van der Waals surface area contributed by atoms with E-state index in [0.29, 0.717) is 0 Å². The van der Waals surface area contributed by atoms with E-state index in [1.807, 2.05) is 0 Å². The van der Waals surface area contributed by atoms with Gasteiger partial charge in [-0.15, -0.1) is 0 Å². The molecule has 0 aliphatic heterocycles. The maximum atomic E-state index is 2.47. The summed E-state index contributed by atoms with van der Waals surface area (Å²) < 4.78 is 0. The Kier molecular flexibility index (Phi) is 9.11. The Morgan fingerprint density at radius 2 is 0.642 bits per heavy atom. The van der Waals surface area contributed by atoms with Crippen LogP contribution in [-0.4, -0.2) is 0 Å². The summed E-state index contributed by atoms with van der Waals surface area (Å²) in [6.45, 7) is 0. The van der Waals surface area contributed by atoms with Crippen LogP contribution in [0.1, 0.15) is 22.3 Å². The third-order valence-electron chi connectivity index (χ3n) is 14.0. The summed E-state index contributed by atoms with van der Waals surface area (Å²) in [6.07, 6.45) is 0. The molecular formula is C65H44N2. The van der Waals surface area contributed by atoms with Crippen molar-refractivity contribution in [3.63, 3.8) is 0 Å². The smallest absolute Gasteiger partial charge is 0.0726 e. The van der Waals surface area contributed by atoms with Crippen LogP contribution >= 0.6 is 0 Å². The molecule has 67 heavy (non-hydrogen) atoms. The molecule has 0 N–H and O–H groups in total. The van der Waals surface area contributed by atoms with Crippen LogP contribution in [0.4, 0.5) is 34.1 Å². The van der Waals surface area contributed by atoms with E-state index in [1.165, 1.54) is 77.5 Å². The Balaban J connectivity index is 1.02. The van der Waals surface area contributed by atoms with Crippen LogP contribution in [0.2, 0.25) is 0 Å². The molecule has 0 unspecified atom stereocenters. The summed E-state index contributed by atoms with van der Waals surface area (Å²) in [5.41, 5.74) is 21.3. The summed E-state index contributed by atoms with van der Waals surface area (Å²) >= 11 is 0. The van der Waals surface area contributed by atoms with Crippen LogP contribution in [0.15, 0.2) is 267 Å². The van der Waals surface area contributed by atoms with Gasteiger partial charge in [0.1, 0.15) is 0 Å². The van der Waals surface area contributed by atoms with Gasteiger partial charge < -0.3 is 9.80 Å². The second-order valence-electron chi connectivity index (χ2n) is 17.6. The third-order valence-corrected chi connectivity index (χ3v) is 14.0. The van der Waals surface area contributed by atoms with Gasteiger partial charge in [-0.3, -0.25) is 0 Å². The van der Waals surface area contributed by atoms with Gasteiger partial charge in [0.05, 0.1) is 16.8 Å². The van der Waals surface area contributed by atoms with Gasteiger partial charge in [0, 0.05) is 33.9 Å². The lowest BCUT2D eigenvalue weighted by Gasteiger charge is -2.32. The van der Waals surface area contributed by atoms with E-state index in [1.54, 1.807) is 0 Å². The first-order valence-electron chi connectivity index (χ1n) is 23.2. The molecule has 0 aromatic heterocycles. The molecule has 0 atom stereocenters. The Morgan fingerprint density at radius 3 is 1.24 bits per heavy atom. The highest BCUT2D eigenvalue weighted by molar-refractivity contribution is 6.02. The molecule has 13 rings (SSSR count). The lowest BCUT2D eigenvalue weighted by Crippen LogP contribution is -2.26. The zero-order valence-corrected chi connectivity index (χ0v) is 36.8. The van der Waals surface area contributed by atoms with Gasteiger partial charge in [-0.25, -0.2) is 0 Å². The number of rotatable bonds is 8. The molecule has 0 fully saturated rings. The van der Waals surface area contributed by atoms with Crippen LogP contribution in [0.5, 0.6) is 0 Å². The van der Waals surface area contributed by atoms with Crippen molar-refractivity contribution in [3.8, 4) is 44.5 Å². The predicted molar refractivity (Wildman–Crippen MR) is 280 cm³/mol. The van der Waals surface area contributed by atoms with Gasteiger partial charge in [-0.1, -0.05) is 200 Å². The molecule has 314 valence electrons. The van der Waals surface area contributed by atoms with Crippen LogP contribution in [-0.2, 0) is 5.41 Å². The number of hydrogen-bond donors (Lipinski definition) is 0. The second-order valence-corrected chi connectivity index (χ2v) is 17.6. The van der Waals surface area contributed by atoms with Crippen molar-refractivity contribution in [2.75, 3.05) is 9.80 Å². The third kappa shape index (κ3) is 6.11. The number of hydrogen-bond acceptors (Lipinski definition) is 2. The lowest BCUT2D eigenvalue weighted by molar-refractivity contribution is 0.794. The van der Waals surface area contributed by atoms with Crippen LogP contribution in [0.25, 0.3) is 55.3 Å². The van der Waals surface area contributed by atoms with Gasteiger partial charge in [0.2, 0.25) is 0 Å².